The summed E-state index contributed by atoms with van der Waals surface area (Å²) in [6.07, 6.45) is 1.47. The second-order valence-corrected chi connectivity index (χ2v) is 4.33. The maximum atomic E-state index is 10.4. The second kappa shape index (κ2) is 6.22. The zero-order valence-electron chi connectivity index (χ0n) is 9.80. The first-order valence-electron chi connectivity index (χ1n) is 5.68. The Bertz CT molecular complexity index is 523. The van der Waals surface area contributed by atoms with Gasteiger partial charge in [-0.05, 0) is 29.3 Å². The van der Waals surface area contributed by atoms with Gasteiger partial charge in [0, 0.05) is 11.4 Å². The molecule has 2 nitrogen and oxygen atoms in total. The number of hydrogen-bond acceptors (Lipinski definition) is 2. The van der Waals surface area contributed by atoms with Crippen molar-refractivity contribution in [2.75, 3.05) is 6.61 Å². The molecule has 0 saturated heterocycles. The summed E-state index contributed by atoms with van der Waals surface area (Å²) in [5, 5.41) is 0.666. The average molecular weight is 261 g/mol. The van der Waals surface area contributed by atoms with Crippen LogP contribution >= 0.6 is 11.6 Å². The summed E-state index contributed by atoms with van der Waals surface area (Å²) in [5.41, 5.74) is 2.16. The van der Waals surface area contributed by atoms with E-state index >= 15 is 0 Å². The lowest BCUT2D eigenvalue weighted by Gasteiger charge is -2.10. The minimum absolute atomic E-state index is 0.0590. The molecule has 3 heteroatoms. The molecule has 92 valence electrons. The lowest BCUT2D eigenvalue weighted by molar-refractivity contribution is -0.109. The van der Waals surface area contributed by atoms with E-state index in [-0.39, 0.29) is 6.61 Å². The van der Waals surface area contributed by atoms with E-state index in [0.29, 0.717) is 10.8 Å². The highest BCUT2D eigenvalue weighted by molar-refractivity contribution is 6.30. The van der Waals surface area contributed by atoms with Crippen LogP contribution in [0, 0.1) is 0 Å². The molecule has 0 unspecified atom stereocenters. The maximum Gasteiger partial charge on any atom is 0.157 e. The zero-order chi connectivity index (χ0) is 12.8. The highest BCUT2D eigenvalue weighted by Gasteiger charge is 2.05. The van der Waals surface area contributed by atoms with Gasteiger partial charge in [-0.15, -0.1) is 0 Å². The second-order valence-electron chi connectivity index (χ2n) is 3.89. The van der Waals surface area contributed by atoms with Crippen LogP contribution in [-0.2, 0) is 11.2 Å². The molecule has 0 spiro atoms. The maximum absolute atomic E-state index is 10.4. The van der Waals surface area contributed by atoms with Crippen molar-refractivity contribution >= 4 is 17.9 Å². The molecule has 2 rings (SSSR count). The molecule has 2 aromatic carbocycles. The summed E-state index contributed by atoms with van der Waals surface area (Å²) in [6, 6.07) is 15.5. The van der Waals surface area contributed by atoms with E-state index < -0.39 is 0 Å². The molecule has 0 fully saturated rings. The fourth-order valence-electron chi connectivity index (χ4n) is 1.77. The van der Waals surface area contributed by atoms with Crippen LogP contribution in [0.3, 0.4) is 0 Å². The summed E-state index contributed by atoms with van der Waals surface area (Å²) in [5.74, 6) is 0.704. The summed E-state index contributed by atoms with van der Waals surface area (Å²) in [4.78, 5) is 10.4. The van der Waals surface area contributed by atoms with Crippen molar-refractivity contribution in [1.29, 1.82) is 0 Å². The molecule has 0 bridgehead atoms. The Hall–Kier alpha value is -1.80. The van der Waals surface area contributed by atoms with Crippen molar-refractivity contribution in [3.63, 3.8) is 0 Å². The summed E-state index contributed by atoms with van der Waals surface area (Å²) >= 11 is 5.99. The molecule has 0 aliphatic carbocycles. The van der Waals surface area contributed by atoms with E-state index in [9.17, 15) is 4.79 Å². The Kier molecular flexibility index (Phi) is 4.37. The summed E-state index contributed by atoms with van der Waals surface area (Å²) < 4.78 is 5.39. The molecule has 2 aromatic rings. The van der Waals surface area contributed by atoms with Crippen LogP contribution in [0.5, 0.6) is 5.75 Å². The molecule has 0 heterocycles. The minimum Gasteiger partial charge on any atom is -0.486 e. The monoisotopic (exact) mass is 260 g/mol. The highest BCUT2D eigenvalue weighted by atomic mass is 35.5. The van der Waals surface area contributed by atoms with Crippen LogP contribution in [-0.4, -0.2) is 12.9 Å². The number of halogens is 1. The van der Waals surface area contributed by atoms with Crippen molar-refractivity contribution in [2.45, 2.75) is 6.42 Å². The Morgan fingerprint density at radius 1 is 1.11 bits per heavy atom. The topological polar surface area (TPSA) is 26.3 Å². The van der Waals surface area contributed by atoms with Crippen molar-refractivity contribution in [3.05, 3.63) is 64.7 Å². The molecule has 0 aliphatic rings. The Labute approximate surface area is 111 Å². The standard InChI is InChI=1S/C15H13ClO2/c16-14-6-7-15(18-9-8-17)13(11-14)10-12-4-2-1-3-5-12/h1-8,11H,9-10H2. The molecule has 0 aliphatic heterocycles. The van der Waals surface area contributed by atoms with Crippen LogP contribution in [0.2, 0.25) is 5.02 Å². The Balaban J connectivity index is 2.24. The molecular weight excluding hydrogens is 248 g/mol. The van der Waals surface area contributed by atoms with E-state index in [1.807, 2.05) is 36.4 Å². The van der Waals surface area contributed by atoms with Crippen LogP contribution < -0.4 is 4.74 Å². The number of hydrogen-bond donors (Lipinski definition) is 0. The van der Waals surface area contributed by atoms with Crippen LogP contribution in [0.4, 0.5) is 0 Å². The average Bonchev–Trinajstić information content (AvgIpc) is 2.39. The molecule has 0 N–H and O–H groups in total. The number of ether oxygens (including phenoxy) is 1. The van der Waals surface area contributed by atoms with E-state index in [1.54, 1.807) is 12.1 Å². The number of rotatable bonds is 5. The SMILES string of the molecule is O=CCOc1ccc(Cl)cc1Cc1ccccc1. The largest absolute Gasteiger partial charge is 0.486 e. The summed E-state index contributed by atoms with van der Waals surface area (Å²) in [7, 11) is 0. The van der Waals surface area contributed by atoms with Crippen LogP contribution in [0.1, 0.15) is 11.1 Å². The van der Waals surface area contributed by atoms with Gasteiger partial charge < -0.3 is 4.74 Å². The van der Waals surface area contributed by atoms with Gasteiger partial charge in [-0.2, -0.15) is 0 Å². The van der Waals surface area contributed by atoms with Gasteiger partial charge in [-0.25, -0.2) is 0 Å². The molecular formula is C15H13ClO2. The van der Waals surface area contributed by atoms with Gasteiger partial charge in [-0.3, -0.25) is 4.79 Å². The first kappa shape index (κ1) is 12.7. The summed E-state index contributed by atoms with van der Waals surface area (Å²) in [6.45, 7) is 0.0590. The lowest BCUT2D eigenvalue weighted by atomic mass is 10.0. The predicted octanol–water partition coefficient (Wildman–Crippen LogP) is 3.51. The van der Waals surface area contributed by atoms with E-state index in [0.717, 1.165) is 18.3 Å². The first-order chi connectivity index (χ1) is 8.79. The van der Waals surface area contributed by atoms with Gasteiger partial charge in [0.25, 0.3) is 0 Å². The Morgan fingerprint density at radius 2 is 1.89 bits per heavy atom. The van der Waals surface area contributed by atoms with Gasteiger partial charge in [0.1, 0.15) is 12.4 Å². The first-order valence-corrected chi connectivity index (χ1v) is 6.06. The molecule has 0 radical (unpaired) electrons. The number of carbonyl (C=O) groups is 1. The van der Waals surface area contributed by atoms with Gasteiger partial charge in [0.05, 0.1) is 0 Å². The number of aldehydes is 1. The van der Waals surface area contributed by atoms with Crippen molar-refractivity contribution in [1.82, 2.24) is 0 Å². The minimum atomic E-state index is 0.0590. The van der Waals surface area contributed by atoms with Gasteiger partial charge in [-0.1, -0.05) is 41.9 Å². The molecule has 0 atom stereocenters. The van der Waals surface area contributed by atoms with E-state index in [2.05, 4.69) is 0 Å². The molecule has 0 amide bonds. The molecule has 0 aromatic heterocycles. The third-order valence-electron chi connectivity index (χ3n) is 2.57. The van der Waals surface area contributed by atoms with Gasteiger partial charge in [0.15, 0.2) is 6.29 Å². The smallest absolute Gasteiger partial charge is 0.157 e. The van der Waals surface area contributed by atoms with E-state index in [1.165, 1.54) is 5.56 Å². The van der Waals surface area contributed by atoms with Crippen LogP contribution in [0.25, 0.3) is 0 Å². The highest BCUT2D eigenvalue weighted by Crippen LogP contribution is 2.25. The fourth-order valence-corrected chi connectivity index (χ4v) is 1.96. The van der Waals surface area contributed by atoms with Gasteiger partial charge >= 0.3 is 0 Å². The number of carbonyl (C=O) groups excluding carboxylic acids is 1. The third-order valence-corrected chi connectivity index (χ3v) is 2.80. The molecule has 18 heavy (non-hydrogen) atoms. The zero-order valence-corrected chi connectivity index (χ0v) is 10.6. The van der Waals surface area contributed by atoms with Crippen LogP contribution in [0.15, 0.2) is 48.5 Å². The third kappa shape index (κ3) is 3.34. The van der Waals surface area contributed by atoms with Crippen molar-refractivity contribution in [3.8, 4) is 5.75 Å². The predicted molar refractivity (Wildman–Crippen MR) is 72.3 cm³/mol. The lowest BCUT2D eigenvalue weighted by Crippen LogP contribution is -2.01. The quantitative estimate of drug-likeness (QED) is 0.769. The van der Waals surface area contributed by atoms with E-state index in [4.69, 9.17) is 16.3 Å². The van der Waals surface area contributed by atoms with Crippen molar-refractivity contribution in [2.24, 2.45) is 0 Å². The normalized spacial score (nSPS) is 10.1. The number of benzene rings is 2. The molecule has 0 saturated carbocycles. The Morgan fingerprint density at radius 3 is 2.61 bits per heavy atom. The fraction of sp³-hybridized carbons (Fsp3) is 0.133. The van der Waals surface area contributed by atoms with Crippen molar-refractivity contribution < 1.29 is 9.53 Å². The van der Waals surface area contributed by atoms with Gasteiger partial charge in [0.2, 0.25) is 0 Å².